The maximum Gasteiger partial charge on any atom is 0.174 e. The highest BCUT2D eigenvalue weighted by Crippen LogP contribution is 2.39. The molecule has 1 saturated carbocycles. The Labute approximate surface area is 168 Å². The van der Waals surface area contributed by atoms with Crippen molar-refractivity contribution >= 4 is 11.5 Å². The number of aliphatic hydroxyl groups is 1. The molecule has 0 amide bonds. The predicted molar refractivity (Wildman–Crippen MR) is 107 cm³/mol. The Balaban J connectivity index is 1.46. The van der Waals surface area contributed by atoms with Crippen molar-refractivity contribution < 1.29 is 9.52 Å². The molecular formula is C20H23N7O2. The van der Waals surface area contributed by atoms with Gasteiger partial charge in [-0.15, -0.1) is 0 Å². The van der Waals surface area contributed by atoms with Gasteiger partial charge in [0.15, 0.2) is 11.6 Å². The minimum Gasteiger partial charge on any atom is -0.460 e. The molecular weight excluding hydrogens is 370 g/mol. The van der Waals surface area contributed by atoms with Gasteiger partial charge in [-0.2, -0.15) is 0 Å². The van der Waals surface area contributed by atoms with E-state index in [9.17, 15) is 5.11 Å². The lowest BCUT2D eigenvalue weighted by atomic mass is 9.97. The number of aryl methyl sites for hydroxylation is 1. The molecule has 9 nitrogen and oxygen atoms in total. The van der Waals surface area contributed by atoms with Crippen molar-refractivity contribution in [1.82, 2.24) is 20.2 Å². The number of rotatable bonds is 4. The summed E-state index contributed by atoms with van der Waals surface area (Å²) in [5.41, 5.74) is 5.10. The number of aromatic nitrogens is 3. The van der Waals surface area contributed by atoms with Crippen LogP contribution in [0.5, 0.6) is 0 Å². The van der Waals surface area contributed by atoms with Crippen LogP contribution >= 0.6 is 0 Å². The molecule has 0 saturated heterocycles. The molecule has 3 aromatic heterocycles. The summed E-state index contributed by atoms with van der Waals surface area (Å²) in [6.45, 7) is 2.28. The van der Waals surface area contributed by atoms with Crippen molar-refractivity contribution in [1.29, 1.82) is 0 Å². The van der Waals surface area contributed by atoms with Crippen molar-refractivity contribution in [2.45, 2.75) is 44.8 Å². The van der Waals surface area contributed by atoms with Crippen LogP contribution in [0.4, 0.5) is 11.5 Å². The number of hydrogen-bond donors (Lipinski definition) is 3. The zero-order chi connectivity index (χ0) is 20.0. The summed E-state index contributed by atoms with van der Waals surface area (Å²) < 4.78 is 5.72. The summed E-state index contributed by atoms with van der Waals surface area (Å²) >= 11 is 0. The number of nitrogens with two attached hydrogens (primary N) is 1. The molecule has 5 rings (SSSR count). The lowest BCUT2D eigenvalue weighted by Crippen LogP contribution is -2.46. The summed E-state index contributed by atoms with van der Waals surface area (Å²) in [5, 5.41) is 14.0. The Morgan fingerprint density at radius 3 is 2.79 bits per heavy atom. The van der Waals surface area contributed by atoms with E-state index < -0.39 is 5.60 Å². The number of nitrogens with one attached hydrogen (secondary N) is 1. The Morgan fingerprint density at radius 2 is 2.03 bits per heavy atom. The minimum atomic E-state index is -0.827. The highest BCUT2D eigenvalue weighted by Gasteiger charge is 2.35. The number of furan rings is 1. The Kier molecular flexibility index (Phi) is 4.23. The summed E-state index contributed by atoms with van der Waals surface area (Å²) in [4.78, 5) is 13.5. The van der Waals surface area contributed by atoms with Gasteiger partial charge < -0.3 is 9.52 Å². The number of pyridine rings is 1. The average molecular weight is 393 g/mol. The van der Waals surface area contributed by atoms with Crippen LogP contribution in [0.15, 0.2) is 41.1 Å². The molecule has 0 radical (unpaired) electrons. The SMILES string of the molecule is Cc1ccc(-c2ncnc3c2NN(N)N3Cc2cccc(C3(O)CCCC3)n2)o1. The molecule has 4 heterocycles. The maximum atomic E-state index is 10.9. The van der Waals surface area contributed by atoms with Crippen LogP contribution in [0.1, 0.15) is 42.8 Å². The first-order valence-electron chi connectivity index (χ1n) is 9.73. The molecule has 1 aliphatic carbocycles. The molecule has 9 heteroatoms. The minimum absolute atomic E-state index is 0.397. The van der Waals surface area contributed by atoms with Gasteiger partial charge in [-0.25, -0.2) is 20.8 Å². The van der Waals surface area contributed by atoms with Gasteiger partial charge in [0.2, 0.25) is 0 Å². The Morgan fingerprint density at radius 1 is 1.21 bits per heavy atom. The maximum absolute atomic E-state index is 10.9. The first kappa shape index (κ1) is 18.0. The van der Waals surface area contributed by atoms with E-state index in [1.807, 2.05) is 37.3 Å². The third-order valence-electron chi connectivity index (χ3n) is 5.56. The normalized spacial score (nSPS) is 18.1. The van der Waals surface area contributed by atoms with Crippen LogP contribution in [0.3, 0.4) is 0 Å². The van der Waals surface area contributed by atoms with Crippen LogP contribution in [0, 0.1) is 6.92 Å². The third-order valence-corrected chi connectivity index (χ3v) is 5.56. The molecule has 29 heavy (non-hydrogen) atoms. The van der Waals surface area contributed by atoms with Crippen LogP contribution in [-0.4, -0.2) is 25.3 Å². The van der Waals surface area contributed by atoms with E-state index in [-0.39, 0.29) is 0 Å². The second-order valence-electron chi connectivity index (χ2n) is 7.60. The molecule has 0 unspecified atom stereocenters. The van der Waals surface area contributed by atoms with Gasteiger partial charge in [0.05, 0.1) is 17.9 Å². The van der Waals surface area contributed by atoms with E-state index >= 15 is 0 Å². The number of nitrogens with zero attached hydrogens (tertiary/aromatic N) is 5. The highest BCUT2D eigenvalue weighted by atomic mass is 16.3. The molecule has 0 bridgehead atoms. The van der Waals surface area contributed by atoms with E-state index in [2.05, 4.69) is 15.4 Å². The van der Waals surface area contributed by atoms with E-state index in [1.54, 1.807) is 5.01 Å². The molecule has 1 fully saturated rings. The lowest BCUT2D eigenvalue weighted by molar-refractivity contribution is 0.0397. The van der Waals surface area contributed by atoms with Gasteiger partial charge >= 0.3 is 0 Å². The van der Waals surface area contributed by atoms with E-state index in [0.29, 0.717) is 29.5 Å². The predicted octanol–water partition coefficient (Wildman–Crippen LogP) is 2.64. The Bertz CT molecular complexity index is 1040. The largest absolute Gasteiger partial charge is 0.460 e. The van der Waals surface area contributed by atoms with E-state index in [4.69, 9.17) is 15.2 Å². The molecule has 0 atom stereocenters. The second-order valence-corrected chi connectivity index (χ2v) is 7.60. The first-order chi connectivity index (χ1) is 14.0. The van der Waals surface area contributed by atoms with Gasteiger partial charge in [0.1, 0.15) is 29.1 Å². The van der Waals surface area contributed by atoms with Gasteiger partial charge in [0.25, 0.3) is 0 Å². The van der Waals surface area contributed by atoms with Crippen molar-refractivity contribution in [3.05, 3.63) is 53.8 Å². The topological polar surface area (TPSA) is 117 Å². The standard InChI is InChI=1S/C20H23N7O2/c1-13-7-8-15(29-13)17-18-19(23-12-22-17)26(27(21)25-18)11-14-5-4-6-16(24-14)20(28)9-2-3-10-20/h4-8,12,25,28H,2-3,9-11,21H2,1H3. The van der Waals surface area contributed by atoms with Crippen molar-refractivity contribution in [2.75, 3.05) is 10.4 Å². The van der Waals surface area contributed by atoms with Gasteiger partial charge in [-0.3, -0.25) is 10.4 Å². The summed E-state index contributed by atoms with van der Waals surface area (Å²) in [6, 6.07) is 9.50. The molecule has 150 valence electrons. The van der Waals surface area contributed by atoms with Crippen LogP contribution in [0.25, 0.3) is 11.5 Å². The fraction of sp³-hybridized carbons (Fsp3) is 0.350. The quantitative estimate of drug-likeness (QED) is 0.575. The third kappa shape index (κ3) is 3.13. The first-order valence-corrected chi connectivity index (χ1v) is 9.73. The zero-order valence-electron chi connectivity index (χ0n) is 16.2. The van der Waals surface area contributed by atoms with Crippen LogP contribution in [0.2, 0.25) is 0 Å². The van der Waals surface area contributed by atoms with Crippen LogP contribution < -0.4 is 16.3 Å². The van der Waals surface area contributed by atoms with Crippen molar-refractivity contribution in [2.24, 2.45) is 5.84 Å². The second kappa shape index (κ2) is 6.80. The van der Waals surface area contributed by atoms with Crippen molar-refractivity contribution in [3.63, 3.8) is 0 Å². The molecule has 0 aromatic carbocycles. The van der Waals surface area contributed by atoms with Gasteiger partial charge in [-0.1, -0.05) is 24.1 Å². The van der Waals surface area contributed by atoms with E-state index in [1.165, 1.54) is 11.6 Å². The fourth-order valence-corrected chi connectivity index (χ4v) is 4.05. The Hall–Kier alpha value is -3.01. The number of hydrogen-bond acceptors (Lipinski definition) is 9. The van der Waals surface area contributed by atoms with Crippen molar-refractivity contribution in [3.8, 4) is 11.5 Å². The van der Waals surface area contributed by atoms with Gasteiger partial charge in [0, 0.05) is 0 Å². The smallest absolute Gasteiger partial charge is 0.174 e. The zero-order valence-corrected chi connectivity index (χ0v) is 16.2. The molecule has 4 N–H and O–H groups in total. The number of anilines is 2. The van der Waals surface area contributed by atoms with Gasteiger partial charge in [-0.05, 0) is 44.0 Å². The summed E-state index contributed by atoms with van der Waals surface area (Å²) in [7, 11) is 0. The average Bonchev–Trinajstić information content (AvgIpc) is 3.43. The molecule has 1 aliphatic heterocycles. The summed E-state index contributed by atoms with van der Waals surface area (Å²) in [5.74, 6) is 8.27. The molecule has 3 aromatic rings. The highest BCUT2D eigenvalue weighted by molar-refractivity contribution is 5.82. The molecule has 2 aliphatic rings. The number of fused-ring (bicyclic) bond motifs is 1. The monoisotopic (exact) mass is 393 g/mol. The molecule has 0 spiro atoms. The lowest BCUT2D eigenvalue weighted by Gasteiger charge is -2.25. The van der Waals surface area contributed by atoms with E-state index in [0.717, 1.165) is 42.8 Å². The summed E-state index contributed by atoms with van der Waals surface area (Å²) in [6.07, 6.45) is 5.03. The number of hydrazine groups is 3. The fourth-order valence-electron chi connectivity index (χ4n) is 4.05. The van der Waals surface area contributed by atoms with Crippen LogP contribution in [-0.2, 0) is 12.1 Å².